The maximum absolute atomic E-state index is 14.5. The summed E-state index contributed by atoms with van der Waals surface area (Å²) in [6, 6.07) is 7.79. The highest BCUT2D eigenvalue weighted by Gasteiger charge is 2.32. The van der Waals surface area contributed by atoms with E-state index in [1.807, 2.05) is 11.9 Å². The van der Waals surface area contributed by atoms with Gasteiger partial charge in [-0.25, -0.2) is 14.2 Å². The van der Waals surface area contributed by atoms with Crippen LogP contribution in [0.3, 0.4) is 0 Å². The number of pyridine rings is 1. The van der Waals surface area contributed by atoms with Gasteiger partial charge in [-0.2, -0.15) is 18.2 Å². The number of halogens is 4. The van der Waals surface area contributed by atoms with Crippen LogP contribution in [0.25, 0.3) is 0 Å². The van der Waals surface area contributed by atoms with Crippen molar-refractivity contribution in [1.82, 2.24) is 14.5 Å². The predicted molar refractivity (Wildman–Crippen MR) is 111 cm³/mol. The van der Waals surface area contributed by atoms with Gasteiger partial charge in [0.05, 0.1) is 6.20 Å². The average molecular weight is 464 g/mol. The summed E-state index contributed by atoms with van der Waals surface area (Å²) in [5.41, 5.74) is -1.04. The van der Waals surface area contributed by atoms with E-state index >= 15 is 0 Å². The van der Waals surface area contributed by atoms with Crippen LogP contribution < -0.4 is 20.1 Å². The van der Waals surface area contributed by atoms with E-state index in [0.29, 0.717) is 17.9 Å². The zero-order chi connectivity index (χ0) is 23.8. The number of alkyl halides is 3. The van der Waals surface area contributed by atoms with E-state index in [-0.39, 0.29) is 30.0 Å². The monoisotopic (exact) mass is 464 g/mol. The quantitative estimate of drug-likeness (QED) is 0.522. The second-order valence-corrected chi connectivity index (χ2v) is 7.67. The van der Waals surface area contributed by atoms with Gasteiger partial charge < -0.3 is 14.4 Å². The summed E-state index contributed by atoms with van der Waals surface area (Å²) in [5.74, 6) is -0.125. The molecule has 1 atom stereocenters. The summed E-state index contributed by atoms with van der Waals surface area (Å²) in [6.07, 6.45) is -2.86. The maximum Gasteiger partial charge on any atom is 0.433 e. The third kappa shape index (κ3) is 4.91. The molecule has 0 saturated heterocycles. The van der Waals surface area contributed by atoms with Crippen molar-refractivity contribution in [2.45, 2.75) is 38.7 Å². The first kappa shape index (κ1) is 22.6. The SMILES string of the molecule is CC1CCn2c(cc(OCc3ccc(Oc4ccc(C(F)(F)F)nc4)c(F)c3)nc2=O)N1C. The Hall–Kier alpha value is -3.63. The minimum Gasteiger partial charge on any atom is -0.473 e. The molecule has 0 spiro atoms. The van der Waals surface area contributed by atoms with E-state index < -0.39 is 23.4 Å². The lowest BCUT2D eigenvalue weighted by Gasteiger charge is -2.34. The number of hydrogen-bond donors (Lipinski definition) is 0. The standard InChI is InChI=1S/C22H20F4N4O3/c1-13-7-8-30-20(29(13)2)10-19(28-21(30)31)32-12-14-3-5-17(16(23)9-14)33-15-4-6-18(27-11-15)22(24,25)26/h3-6,9-11,13H,7-8,12H2,1-2H3. The van der Waals surface area contributed by atoms with Crippen LogP contribution in [0.2, 0.25) is 0 Å². The summed E-state index contributed by atoms with van der Waals surface area (Å²) in [7, 11) is 1.89. The van der Waals surface area contributed by atoms with Gasteiger partial charge in [0.15, 0.2) is 11.6 Å². The number of fused-ring (bicyclic) bond motifs is 1. The number of ether oxygens (including phenoxy) is 2. The van der Waals surface area contributed by atoms with Crippen LogP contribution in [0, 0.1) is 5.82 Å². The largest absolute Gasteiger partial charge is 0.473 e. The molecular weight excluding hydrogens is 444 g/mol. The predicted octanol–water partition coefficient (Wildman–Crippen LogP) is 4.40. The Bertz CT molecular complexity index is 1210. The maximum atomic E-state index is 14.5. The zero-order valence-corrected chi connectivity index (χ0v) is 17.8. The Morgan fingerprint density at radius 2 is 1.97 bits per heavy atom. The van der Waals surface area contributed by atoms with Crippen molar-refractivity contribution in [3.05, 3.63) is 70.2 Å². The van der Waals surface area contributed by atoms with Gasteiger partial charge in [0, 0.05) is 25.7 Å². The lowest BCUT2D eigenvalue weighted by Crippen LogP contribution is -2.41. The van der Waals surface area contributed by atoms with Gasteiger partial charge >= 0.3 is 11.9 Å². The number of aromatic nitrogens is 3. The lowest BCUT2D eigenvalue weighted by molar-refractivity contribution is -0.141. The molecule has 3 heterocycles. The number of benzene rings is 1. The van der Waals surface area contributed by atoms with Gasteiger partial charge in [0.1, 0.15) is 23.9 Å². The van der Waals surface area contributed by atoms with Crippen LogP contribution in [-0.4, -0.2) is 27.6 Å². The second-order valence-electron chi connectivity index (χ2n) is 7.67. The number of anilines is 1. The molecule has 7 nitrogen and oxygen atoms in total. The molecule has 174 valence electrons. The van der Waals surface area contributed by atoms with Gasteiger partial charge in [-0.1, -0.05) is 6.07 Å². The van der Waals surface area contributed by atoms with Crippen LogP contribution in [0.1, 0.15) is 24.6 Å². The molecule has 2 aromatic heterocycles. The first-order valence-electron chi connectivity index (χ1n) is 10.1. The molecule has 3 aromatic rings. The van der Waals surface area contributed by atoms with E-state index in [2.05, 4.69) is 16.9 Å². The zero-order valence-electron chi connectivity index (χ0n) is 17.8. The van der Waals surface area contributed by atoms with E-state index in [4.69, 9.17) is 9.47 Å². The molecule has 0 fully saturated rings. The molecule has 1 unspecified atom stereocenters. The summed E-state index contributed by atoms with van der Waals surface area (Å²) < 4.78 is 64.7. The van der Waals surface area contributed by atoms with Crippen molar-refractivity contribution >= 4 is 5.82 Å². The summed E-state index contributed by atoms with van der Waals surface area (Å²) in [5, 5.41) is 0. The Labute approximate surface area is 186 Å². The molecule has 4 rings (SSSR count). The fourth-order valence-electron chi connectivity index (χ4n) is 3.39. The van der Waals surface area contributed by atoms with Crippen molar-refractivity contribution in [3.8, 4) is 17.4 Å². The molecule has 11 heteroatoms. The van der Waals surface area contributed by atoms with Crippen molar-refractivity contribution in [2.75, 3.05) is 11.9 Å². The number of hydrogen-bond acceptors (Lipinski definition) is 6. The normalized spacial score (nSPS) is 15.8. The van der Waals surface area contributed by atoms with Gasteiger partial charge in [-0.15, -0.1) is 0 Å². The van der Waals surface area contributed by atoms with E-state index in [1.165, 1.54) is 18.2 Å². The molecule has 0 radical (unpaired) electrons. The average Bonchev–Trinajstić information content (AvgIpc) is 2.76. The number of rotatable bonds is 5. The Morgan fingerprint density at radius 1 is 1.18 bits per heavy atom. The van der Waals surface area contributed by atoms with Crippen LogP contribution >= 0.6 is 0 Å². The van der Waals surface area contributed by atoms with E-state index in [9.17, 15) is 22.4 Å². The van der Waals surface area contributed by atoms with Crippen molar-refractivity contribution < 1.29 is 27.0 Å². The van der Waals surface area contributed by atoms with Gasteiger partial charge in [-0.3, -0.25) is 4.57 Å². The van der Waals surface area contributed by atoms with Crippen LogP contribution in [0.4, 0.5) is 23.4 Å². The summed E-state index contributed by atoms with van der Waals surface area (Å²) in [4.78, 5) is 21.5. The highest BCUT2D eigenvalue weighted by molar-refractivity contribution is 5.44. The fourth-order valence-corrected chi connectivity index (χ4v) is 3.39. The third-order valence-electron chi connectivity index (χ3n) is 5.40. The topological polar surface area (TPSA) is 69.5 Å². The first-order valence-corrected chi connectivity index (χ1v) is 10.1. The summed E-state index contributed by atoms with van der Waals surface area (Å²) >= 11 is 0. The number of nitrogens with zero attached hydrogens (tertiary/aromatic N) is 4. The van der Waals surface area contributed by atoms with E-state index in [0.717, 1.165) is 24.8 Å². The van der Waals surface area contributed by atoms with Crippen LogP contribution in [0.15, 0.2) is 47.4 Å². The van der Waals surface area contributed by atoms with Crippen molar-refractivity contribution in [1.29, 1.82) is 0 Å². The fraction of sp³-hybridized carbons (Fsp3) is 0.318. The molecular formula is C22H20F4N4O3. The second kappa shape index (κ2) is 8.72. The van der Waals surface area contributed by atoms with Gasteiger partial charge in [0.2, 0.25) is 5.88 Å². The lowest BCUT2D eigenvalue weighted by atomic mass is 10.1. The highest BCUT2D eigenvalue weighted by Crippen LogP contribution is 2.30. The van der Waals surface area contributed by atoms with E-state index in [1.54, 1.807) is 10.6 Å². The molecule has 0 N–H and O–H groups in total. The molecule has 1 aromatic carbocycles. The third-order valence-corrected chi connectivity index (χ3v) is 5.40. The first-order chi connectivity index (χ1) is 15.6. The minimum atomic E-state index is -4.57. The highest BCUT2D eigenvalue weighted by atomic mass is 19.4. The van der Waals surface area contributed by atoms with Gasteiger partial charge in [-0.05, 0) is 43.2 Å². The Balaban J connectivity index is 1.44. The minimum absolute atomic E-state index is 0.0389. The Kier molecular flexibility index (Phi) is 5.96. The molecule has 0 aliphatic carbocycles. The van der Waals surface area contributed by atoms with Crippen LogP contribution in [-0.2, 0) is 19.3 Å². The molecule has 33 heavy (non-hydrogen) atoms. The summed E-state index contributed by atoms with van der Waals surface area (Å²) in [6.45, 7) is 2.59. The molecule has 1 aliphatic rings. The molecule has 1 aliphatic heterocycles. The van der Waals surface area contributed by atoms with Crippen molar-refractivity contribution in [3.63, 3.8) is 0 Å². The smallest absolute Gasteiger partial charge is 0.433 e. The van der Waals surface area contributed by atoms with Crippen LogP contribution in [0.5, 0.6) is 17.4 Å². The Morgan fingerprint density at radius 3 is 2.64 bits per heavy atom. The molecule has 0 bridgehead atoms. The molecule has 0 amide bonds. The van der Waals surface area contributed by atoms with Crippen molar-refractivity contribution in [2.24, 2.45) is 0 Å². The van der Waals surface area contributed by atoms with Gasteiger partial charge in [0.25, 0.3) is 0 Å². The molecule has 0 saturated carbocycles.